The largest absolute Gasteiger partial charge is 0.342 e. The van der Waals surface area contributed by atoms with Crippen LogP contribution in [0.1, 0.15) is 39.7 Å². The SMILES string of the molecule is CCN(CC)C(=O)[C@@]1(c2ccccc2)C[C@H]1[C@H](N)C(C)C. The smallest absolute Gasteiger partial charge is 0.233 e. The maximum absolute atomic E-state index is 13.1. The van der Waals surface area contributed by atoms with Crippen LogP contribution >= 0.6 is 0 Å². The molecule has 1 aliphatic rings. The van der Waals surface area contributed by atoms with E-state index in [4.69, 9.17) is 5.73 Å². The lowest BCUT2D eigenvalue weighted by molar-refractivity contribution is -0.134. The maximum Gasteiger partial charge on any atom is 0.233 e. The van der Waals surface area contributed by atoms with Crippen LogP contribution in [0.25, 0.3) is 0 Å². The molecule has 1 saturated carbocycles. The molecule has 0 radical (unpaired) electrons. The maximum atomic E-state index is 13.1. The van der Waals surface area contributed by atoms with Crippen molar-refractivity contribution in [2.24, 2.45) is 17.6 Å². The first-order chi connectivity index (χ1) is 9.98. The summed E-state index contributed by atoms with van der Waals surface area (Å²) in [4.78, 5) is 15.0. The average Bonchev–Trinajstić information content (AvgIpc) is 3.25. The molecule has 1 fully saturated rings. The van der Waals surface area contributed by atoms with Crippen LogP contribution in [0.3, 0.4) is 0 Å². The van der Waals surface area contributed by atoms with Gasteiger partial charge in [-0.2, -0.15) is 0 Å². The van der Waals surface area contributed by atoms with E-state index in [1.54, 1.807) is 0 Å². The summed E-state index contributed by atoms with van der Waals surface area (Å²) >= 11 is 0. The fraction of sp³-hybridized carbons (Fsp3) is 0.611. The minimum Gasteiger partial charge on any atom is -0.342 e. The quantitative estimate of drug-likeness (QED) is 0.875. The highest BCUT2D eigenvalue weighted by molar-refractivity contribution is 5.92. The van der Waals surface area contributed by atoms with Gasteiger partial charge in [0.25, 0.3) is 0 Å². The molecule has 0 bridgehead atoms. The number of rotatable bonds is 6. The number of likely N-dealkylation sites (N-methyl/N-ethyl adjacent to an activating group) is 1. The van der Waals surface area contributed by atoms with E-state index in [9.17, 15) is 4.79 Å². The molecule has 3 heteroatoms. The molecule has 1 aliphatic carbocycles. The van der Waals surface area contributed by atoms with Crippen LogP contribution in [-0.2, 0) is 10.2 Å². The fourth-order valence-electron chi connectivity index (χ4n) is 3.45. The van der Waals surface area contributed by atoms with E-state index in [2.05, 4.69) is 26.0 Å². The van der Waals surface area contributed by atoms with Crippen molar-refractivity contribution in [3.8, 4) is 0 Å². The second kappa shape index (κ2) is 6.18. The molecule has 1 aromatic carbocycles. The summed E-state index contributed by atoms with van der Waals surface area (Å²) in [7, 11) is 0. The Bertz CT molecular complexity index is 481. The van der Waals surface area contributed by atoms with Crippen molar-refractivity contribution >= 4 is 5.91 Å². The number of amides is 1. The third kappa shape index (κ3) is 2.71. The van der Waals surface area contributed by atoms with E-state index >= 15 is 0 Å². The zero-order valence-electron chi connectivity index (χ0n) is 13.7. The van der Waals surface area contributed by atoms with Gasteiger partial charge in [0, 0.05) is 19.1 Å². The van der Waals surface area contributed by atoms with Gasteiger partial charge in [-0.05, 0) is 37.7 Å². The lowest BCUT2D eigenvalue weighted by atomic mass is 9.86. The number of carbonyl (C=O) groups is 1. The Hall–Kier alpha value is -1.35. The van der Waals surface area contributed by atoms with Gasteiger partial charge in [0.05, 0.1) is 5.41 Å². The highest BCUT2D eigenvalue weighted by atomic mass is 16.2. The molecule has 0 saturated heterocycles. The summed E-state index contributed by atoms with van der Waals surface area (Å²) < 4.78 is 0. The summed E-state index contributed by atoms with van der Waals surface area (Å²) in [5, 5.41) is 0. The number of benzene rings is 1. The number of nitrogens with two attached hydrogens (primary N) is 1. The second-order valence-corrected chi connectivity index (χ2v) is 6.45. The fourth-order valence-corrected chi connectivity index (χ4v) is 3.45. The monoisotopic (exact) mass is 288 g/mol. The lowest BCUT2D eigenvalue weighted by Crippen LogP contribution is -2.43. The van der Waals surface area contributed by atoms with Gasteiger partial charge in [-0.15, -0.1) is 0 Å². The van der Waals surface area contributed by atoms with Crippen LogP contribution in [0.2, 0.25) is 0 Å². The van der Waals surface area contributed by atoms with Crippen molar-refractivity contribution in [2.45, 2.75) is 45.6 Å². The molecule has 2 rings (SSSR count). The molecule has 1 aromatic rings. The van der Waals surface area contributed by atoms with Crippen LogP contribution in [0.5, 0.6) is 0 Å². The van der Waals surface area contributed by atoms with Crippen molar-refractivity contribution in [2.75, 3.05) is 13.1 Å². The van der Waals surface area contributed by atoms with Gasteiger partial charge in [0.15, 0.2) is 0 Å². The van der Waals surface area contributed by atoms with Crippen LogP contribution in [0.15, 0.2) is 30.3 Å². The van der Waals surface area contributed by atoms with Gasteiger partial charge in [-0.1, -0.05) is 44.2 Å². The second-order valence-electron chi connectivity index (χ2n) is 6.45. The van der Waals surface area contributed by atoms with Crippen molar-refractivity contribution in [3.63, 3.8) is 0 Å². The summed E-state index contributed by atoms with van der Waals surface area (Å²) in [5.74, 6) is 0.901. The van der Waals surface area contributed by atoms with Crippen molar-refractivity contribution in [1.82, 2.24) is 4.90 Å². The van der Waals surface area contributed by atoms with E-state index in [0.717, 1.165) is 25.1 Å². The Morgan fingerprint density at radius 2 is 1.86 bits per heavy atom. The molecule has 1 amide bonds. The molecule has 0 aromatic heterocycles. The summed E-state index contributed by atoms with van der Waals surface area (Å²) in [6.07, 6.45) is 0.881. The first-order valence-electron chi connectivity index (χ1n) is 8.09. The molecule has 21 heavy (non-hydrogen) atoms. The molecule has 116 valence electrons. The van der Waals surface area contributed by atoms with E-state index in [1.165, 1.54) is 0 Å². The van der Waals surface area contributed by atoms with E-state index in [-0.39, 0.29) is 17.9 Å². The number of nitrogens with zero attached hydrogens (tertiary/aromatic N) is 1. The Morgan fingerprint density at radius 1 is 1.29 bits per heavy atom. The minimum atomic E-state index is -0.392. The van der Waals surface area contributed by atoms with Crippen LogP contribution in [-0.4, -0.2) is 29.9 Å². The van der Waals surface area contributed by atoms with Gasteiger partial charge in [-0.3, -0.25) is 4.79 Å². The van der Waals surface area contributed by atoms with Crippen LogP contribution < -0.4 is 5.73 Å². The molecule has 0 spiro atoms. The molecule has 2 N–H and O–H groups in total. The summed E-state index contributed by atoms with van der Waals surface area (Å²) in [6.45, 7) is 9.88. The Balaban J connectivity index is 2.37. The van der Waals surface area contributed by atoms with Crippen molar-refractivity contribution in [3.05, 3.63) is 35.9 Å². The molecule has 3 atom stereocenters. The summed E-state index contributed by atoms with van der Waals surface area (Å²) in [6, 6.07) is 10.3. The zero-order valence-corrected chi connectivity index (χ0v) is 13.7. The third-order valence-corrected chi connectivity index (χ3v) is 4.97. The highest BCUT2D eigenvalue weighted by Crippen LogP contribution is 2.57. The van der Waals surface area contributed by atoms with E-state index in [1.807, 2.05) is 36.9 Å². The molecule has 0 unspecified atom stereocenters. The third-order valence-electron chi connectivity index (χ3n) is 4.97. The standard InChI is InChI=1S/C18H28N2O/c1-5-20(6-2)17(21)18(14-10-8-7-9-11-14)12-15(18)16(19)13(3)4/h7-11,13,15-16H,5-6,12,19H2,1-4H3/t15-,16+,18+/m0/s1. The highest BCUT2D eigenvalue weighted by Gasteiger charge is 2.64. The van der Waals surface area contributed by atoms with E-state index in [0.29, 0.717) is 5.92 Å². The lowest BCUT2D eigenvalue weighted by Gasteiger charge is -2.28. The van der Waals surface area contributed by atoms with Gasteiger partial charge >= 0.3 is 0 Å². The molecule has 0 aliphatic heterocycles. The molecular weight excluding hydrogens is 260 g/mol. The predicted molar refractivity (Wildman–Crippen MR) is 87.0 cm³/mol. The first kappa shape index (κ1) is 16.0. The summed E-state index contributed by atoms with van der Waals surface area (Å²) in [5.41, 5.74) is 7.12. The average molecular weight is 288 g/mol. The Labute approximate surface area is 128 Å². The van der Waals surface area contributed by atoms with Crippen molar-refractivity contribution in [1.29, 1.82) is 0 Å². The Kier molecular flexibility index (Phi) is 4.72. The number of hydrogen-bond acceptors (Lipinski definition) is 2. The van der Waals surface area contributed by atoms with Gasteiger partial charge in [0.2, 0.25) is 5.91 Å². The zero-order chi connectivity index (χ0) is 15.6. The van der Waals surface area contributed by atoms with Crippen LogP contribution in [0, 0.1) is 11.8 Å². The van der Waals surface area contributed by atoms with Gasteiger partial charge in [-0.25, -0.2) is 0 Å². The molecular formula is C18H28N2O. The Morgan fingerprint density at radius 3 is 2.33 bits per heavy atom. The van der Waals surface area contributed by atoms with Crippen LogP contribution in [0.4, 0.5) is 0 Å². The van der Waals surface area contributed by atoms with Gasteiger partial charge < -0.3 is 10.6 Å². The molecule has 0 heterocycles. The predicted octanol–water partition coefficient (Wildman–Crippen LogP) is 2.80. The minimum absolute atomic E-state index is 0.0738. The normalized spacial score (nSPS) is 25.7. The number of carbonyl (C=O) groups excluding carboxylic acids is 1. The number of hydrogen-bond donors (Lipinski definition) is 1. The molecule has 3 nitrogen and oxygen atoms in total. The first-order valence-corrected chi connectivity index (χ1v) is 8.09. The van der Waals surface area contributed by atoms with E-state index < -0.39 is 5.41 Å². The van der Waals surface area contributed by atoms with Gasteiger partial charge in [0.1, 0.15) is 0 Å². The topological polar surface area (TPSA) is 46.3 Å². The van der Waals surface area contributed by atoms with Crippen molar-refractivity contribution < 1.29 is 4.79 Å².